The normalized spacial score (nSPS) is 22.7. The predicted molar refractivity (Wildman–Crippen MR) is 95.8 cm³/mol. The zero-order chi connectivity index (χ0) is 18.7. The molecule has 1 aromatic carbocycles. The maximum atomic E-state index is 12.8. The van der Waals surface area contributed by atoms with Crippen molar-refractivity contribution in [3.8, 4) is 5.75 Å². The zero-order valence-corrected chi connectivity index (χ0v) is 15.3. The van der Waals surface area contributed by atoms with Gasteiger partial charge in [-0.1, -0.05) is 12.1 Å². The van der Waals surface area contributed by atoms with Gasteiger partial charge < -0.3 is 15.0 Å². The molecule has 0 spiro atoms. The van der Waals surface area contributed by atoms with Crippen LogP contribution < -0.4 is 10.1 Å². The van der Waals surface area contributed by atoms with Gasteiger partial charge in [0.15, 0.2) is 0 Å². The number of rotatable bonds is 6. The van der Waals surface area contributed by atoms with Gasteiger partial charge in [0.25, 0.3) is 5.91 Å². The third-order valence-electron chi connectivity index (χ3n) is 5.17. The molecule has 0 aliphatic carbocycles. The van der Waals surface area contributed by atoms with Crippen LogP contribution >= 0.6 is 0 Å². The average Bonchev–Trinajstić information content (AvgIpc) is 3.24. The third-order valence-corrected chi connectivity index (χ3v) is 5.17. The van der Waals surface area contributed by atoms with E-state index in [-0.39, 0.29) is 18.4 Å². The van der Waals surface area contributed by atoms with Crippen molar-refractivity contribution in [2.24, 2.45) is 0 Å². The fourth-order valence-corrected chi connectivity index (χ4v) is 3.45. The number of carbonyl (C=O) groups excluding carboxylic acids is 3. The van der Waals surface area contributed by atoms with E-state index in [9.17, 15) is 14.4 Å². The van der Waals surface area contributed by atoms with Crippen molar-refractivity contribution in [3.05, 3.63) is 29.8 Å². The highest BCUT2D eigenvalue weighted by atomic mass is 16.5. The molecule has 1 atom stereocenters. The molecule has 140 valence electrons. The zero-order valence-electron chi connectivity index (χ0n) is 15.3. The lowest BCUT2D eigenvalue weighted by atomic mass is 9.93. The molecule has 7 heteroatoms. The minimum Gasteiger partial charge on any atom is -0.497 e. The third kappa shape index (κ3) is 3.66. The molecule has 0 radical (unpaired) electrons. The van der Waals surface area contributed by atoms with Crippen molar-refractivity contribution < 1.29 is 19.1 Å². The molecular formula is C19H25N3O4. The van der Waals surface area contributed by atoms with Crippen molar-refractivity contribution >= 4 is 17.8 Å². The number of amides is 4. The smallest absolute Gasteiger partial charge is 0.325 e. The van der Waals surface area contributed by atoms with Gasteiger partial charge in [0, 0.05) is 13.1 Å². The summed E-state index contributed by atoms with van der Waals surface area (Å²) in [6.07, 6.45) is 3.07. The highest BCUT2D eigenvalue weighted by Crippen LogP contribution is 2.24. The van der Waals surface area contributed by atoms with E-state index in [0.29, 0.717) is 25.9 Å². The first-order chi connectivity index (χ1) is 12.4. The Hall–Kier alpha value is -2.57. The van der Waals surface area contributed by atoms with E-state index in [1.54, 1.807) is 18.9 Å². The Morgan fingerprint density at radius 3 is 2.46 bits per heavy atom. The summed E-state index contributed by atoms with van der Waals surface area (Å²) in [6, 6.07) is 7.14. The lowest BCUT2D eigenvalue weighted by molar-refractivity contribution is -0.138. The molecule has 7 nitrogen and oxygen atoms in total. The van der Waals surface area contributed by atoms with Gasteiger partial charge in [0.1, 0.15) is 17.8 Å². The van der Waals surface area contributed by atoms with Gasteiger partial charge in [-0.25, -0.2) is 4.79 Å². The van der Waals surface area contributed by atoms with Crippen LogP contribution in [0.25, 0.3) is 0 Å². The molecule has 2 fully saturated rings. The number of nitrogens with one attached hydrogen (secondary N) is 1. The van der Waals surface area contributed by atoms with E-state index < -0.39 is 11.6 Å². The van der Waals surface area contributed by atoms with Gasteiger partial charge in [0.05, 0.1) is 7.11 Å². The Bertz CT molecular complexity index is 697. The van der Waals surface area contributed by atoms with Gasteiger partial charge in [-0.15, -0.1) is 0 Å². The molecule has 1 aromatic rings. The van der Waals surface area contributed by atoms with Crippen molar-refractivity contribution in [2.75, 3.05) is 26.7 Å². The van der Waals surface area contributed by atoms with Crippen LogP contribution in [0.5, 0.6) is 5.75 Å². The van der Waals surface area contributed by atoms with Gasteiger partial charge >= 0.3 is 6.03 Å². The van der Waals surface area contributed by atoms with Crippen LogP contribution in [-0.4, -0.2) is 59.9 Å². The van der Waals surface area contributed by atoms with Crippen LogP contribution in [0.2, 0.25) is 0 Å². The van der Waals surface area contributed by atoms with Crippen LogP contribution in [0.15, 0.2) is 24.3 Å². The standard InChI is InChI=1S/C19H25N3O4/c1-19(10-9-14-5-7-15(26-2)8-6-14)17(24)22(18(25)20-19)13-16(23)21-11-3-4-12-21/h5-8H,3-4,9-13H2,1-2H3,(H,20,25)/t19-/m1/s1. The largest absolute Gasteiger partial charge is 0.497 e. The summed E-state index contributed by atoms with van der Waals surface area (Å²) in [4.78, 5) is 40.1. The summed E-state index contributed by atoms with van der Waals surface area (Å²) in [5.41, 5.74) is 0.0723. The Morgan fingerprint density at radius 2 is 1.85 bits per heavy atom. The maximum absolute atomic E-state index is 12.8. The van der Waals surface area contributed by atoms with E-state index in [1.807, 2.05) is 24.3 Å². The monoisotopic (exact) mass is 359 g/mol. The minimum atomic E-state index is -0.984. The Kier molecular flexibility index (Phi) is 5.15. The lowest BCUT2D eigenvalue weighted by Gasteiger charge is -2.22. The summed E-state index contributed by atoms with van der Waals surface area (Å²) in [5, 5.41) is 2.76. The molecule has 3 rings (SSSR count). The molecule has 1 N–H and O–H groups in total. The summed E-state index contributed by atoms with van der Waals surface area (Å²) in [6.45, 7) is 2.95. The first kappa shape index (κ1) is 18.2. The molecule has 26 heavy (non-hydrogen) atoms. The first-order valence-corrected chi connectivity index (χ1v) is 8.98. The molecule has 2 aliphatic heterocycles. The topological polar surface area (TPSA) is 79.0 Å². The number of carbonyl (C=O) groups is 3. The maximum Gasteiger partial charge on any atom is 0.325 e. The van der Waals surface area contributed by atoms with Crippen molar-refractivity contribution in [2.45, 2.75) is 38.1 Å². The fraction of sp³-hybridized carbons (Fsp3) is 0.526. The number of nitrogens with zero attached hydrogens (tertiary/aromatic N) is 2. The molecule has 2 heterocycles. The number of likely N-dealkylation sites (tertiary alicyclic amines) is 1. The second-order valence-electron chi connectivity index (χ2n) is 7.09. The lowest BCUT2D eigenvalue weighted by Crippen LogP contribution is -2.45. The van der Waals surface area contributed by atoms with Crippen molar-refractivity contribution in [1.29, 1.82) is 0 Å². The van der Waals surface area contributed by atoms with Crippen LogP contribution in [0, 0.1) is 0 Å². The molecule has 0 bridgehead atoms. The summed E-state index contributed by atoms with van der Waals surface area (Å²) >= 11 is 0. The number of aryl methyl sites for hydroxylation is 1. The van der Waals surface area contributed by atoms with E-state index in [0.717, 1.165) is 29.1 Å². The van der Waals surface area contributed by atoms with Crippen LogP contribution in [0.1, 0.15) is 31.7 Å². The minimum absolute atomic E-state index is 0.162. The molecule has 4 amide bonds. The number of methoxy groups -OCH3 is 1. The molecule has 0 aromatic heterocycles. The molecule has 2 saturated heterocycles. The first-order valence-electron chi connectivity index (χ1n) is 8.98. The summed E-state index contributed by atoms with van der Waals surface area (Å²) in [5.74, 6) is 0.283. The van der Waals surface area contributed by atoms with Gasteiger partial charge in [-0.3, -0.25) is 14.5 Å². The molecule has 0 unspecified atom stereocenters. The van der Waals surface area contributed by atoms with Crippen molar-refractivity contribution in [1.82, 2.24) is 15.1 Å². The fourth-order valence-electron chi connectivity index (χ4n) is 3.45. The van der Waals surface area contributed by atoms with Crippen LogP contribution in [0.3, 0.4) is 0 Å². The van der Waals surface area contributed by atoms with Crippen LogP contribution in [-0.2, 0) is 16.0 Å². The Morgan fingerprint density at radius 1 is 1.19 bits per heavy atom. The number of hydrogen-bond donors (Lipinski definition) is 1. The second kappa shape index (κ2) is 7.35. The summed E-state index contributed by atoms with van der Waals surface area (Å²) in [7, 11) is 1.61. The second-order valence-corrected chi connectivity index (χ2v) is 7.09. The van der Waals surface area contributed by atoms with Gasteiger partial charge in [0.2, 0.25) is 5.91 Å². The van der Waals surface area contributed by atoms with E-state index in [2.05, 4.69) is 5.32 Å². The van der Waals surface area contributed by atoms with Crippen molar-refractivity contribution in [3.63, 3.8) is 0 Å². The number of imide groups is 1. The SMILES string of the molecule is COc1ccc(CC[C@@]2(C)NC(=O)N(CC(=O)N3CCCC3)C2=O)cc1. The molecule has 2 aliphatic rings. The Balaban J connectivity index is 1.61. The summed E-state index contributed by atoms with van der Waals surface area (Å²) < 4.78 is 5.14. The highest BCUT2D eigenvalue weighted by molar-refractivity contribution is 6.08. The average molecular weight is 359 g/mol. The molecule has 0 saturated carbocycles. The predicted octanol–water partition coefficient (Wildman–Crippen LogP) is 1.56. The number of urea groups is 1. The Labute approximate surface area is 153 Å². The van der Waals surface area contributed by atoms with Gasteiger partial charge in [-0.05, 0) is 50.3 Å². The number of benzene rings is 1. The quantitative estimate of drug-likeness (QED) is 0.782. The van der Waals surface area contributed by atoms with Crippen LogP contribution in [0.4, 0.5) is 4.79 Å². The van der Waals surface area contributed by atoms with E-state index in [4.69, 9.17) is 4.74 Å². The van der Waals surface area contributed by atoms with Gasteiger partial charge in [-0.2, -0.15) is 0 Å². The van der Waals surface area contributed by atoms with E-state index >= 15 is 0 Å². The van der Waals surface area contributed by atoms with E-state index in [1.165, 1.54) is 0 Å². The number of ether oxygens (including phenoxy) is 1. The number of hydrogen-bond acceptors (Lipinski definition) is 4. The highest BCUT2D eigenvalue weighted by Gasteiger charge is 2.48. The molecular weight excluding hydrogens is 334 g/mol.